The summed E-state index contributed by atoms with van der Waals surface area (Å²) < 4.78 is 0. The molecule has 24 valence electrons. The summed E-state index contributed by atoms with van der Waals surface area (Å²) in [6.45, 7) is 0. The minimum atomic E-state index is 0. The van der Waals surface area contributed by atoms with Crippen molar-refractivity contribution >= 4 is 34.0 Å². The molecular weight excluding hydrogens is 84.4 g/mol. The quantitative estimate of drug-likeness (QED) is 0.317. The van der Waals surface area contributed by atoms with Gasteiger partial charge in [0, 0.05) is 0 Å². The molecule has 2 nitrogen and oxygen atoms in total. The van der Waals surface area contributed by atoms with Crippen molar-refractivity contribution in [3.63, 3.8) is 0 Å². The molecule has 0 amide bonds. The molecule has 0 heterocycles. The third kappa shape index (κ3) is 12.9. The maximum atomic E-state index is 0. The third-order valence-corrected chi connectivity index (χ3v) is 0. The molecule has 0 bridgehead atoms. The van der Waals surface area contributed by atoms with Gasteiger partial charge < -0.3 is 11.0 Å². The molecular formula is H6MgO2Si. The smallest absolute Gasteiger partial charge is 0.870 e. The first-order valence-corrected chi connectivity index (χ1v) is 0. The van der Waals surface area contributed by atoms with Gasteiger partial charge in [0.25, 0.3) is 0 Å². The van der Waals surface area contributed by atoms with Crippen molar-refractivity contribution in [2.24, 2.45) is 0 Å². The Balaban J connectivity index is 0. The van der Waals surface area contributed by atoms with E-state index in [1.54, 1.807) is 0 Å². The first-order valence-electron chi connectivity index (χ1n) is 0. The Morgan fingerprint density at radius 2 is 0.750 bits per heavy atom. The van der Waals surface area contributed by atoms with Gasteiger partial charge in [0.1, 0.15) is 0 Å². The van der Waals surface area contributed by atoms with Gasteiger partial charge in [-0.2, -0.15) is 0 Å². The van der Waals surface area contributed by atoms with Crippen molar-refractivity contribution in [1.82, 2.24) is 0 Å². The van der Waals surface area contributed by atoms with E-state index < -0.39 is 0 Å². The van der Waals surface area contributed by atoms with Crippen LogP contribution in [-0.4, -0.2) is 45.0 Å². The second-order valence-corrected chi connectivity index (χ2v) is 0. The van der Waals surface area contributed by atoms with Crippen LogP contribution in [0.2, 0.25) is 0 Å². The summed E-state index contributed by atoms with van der Waals surface area (Å²) in [7, 11) is 0. The summed E-state index contributed by atoms with van der Waals surface area (Å²) >= 11 is 0. The van der Waals surface area contributed by atoms with E-state index in [4.69, 9.17) is 0 Å². The van der Waals surface area contributed by atoms with Gasteiger partial charge in [0.2, 0.25) is 0 Å². The molecule has 0 rings (SSSR count). The van der Waals surface area contributed by atoms with E-state index in [9.17, 15) is 0 Å². The molecule has 0 aromatic carbocycles. The van der Waals surface area contributed by atoms with Crippen LogP contribution in [0.3, 0.4) is 0 Å². The predicted molar refractivity (Wildman–Crippen MR) is 21.0 cm³/mol. The van der Waals surface area contributed by atoms with Crippen LogP contribution in [0, 0.1) is 0 Å². The van der Waals surface area contributed by atoms with Crippen molar-refractivity contribution in [3.8, 4) is 0 Å². The number of hydrogen-bond donors (Lipinski definition) is 0. The van der Waals surface area contributed by atoms with Crippen LogP contribution in [0.25, 0.3) is 0 Å². The van der Waals surface area contributed by atoms with Gasteiger partial charge in [-0.25, -0.2) is 0 Å². The predicted octanol–water partition coefficient (Wildman–Crippen LogP) is -2.19. The fourth-order valence-electron chi connectivity index (χ4n) is 0. The molecule has 0 fully saturated rings. The Kier molecular flexibility index (Phi) is 923. The normalized spacial score (nSPS) is 0. The van der Waals surface area contributed by atoms with E-state index in [2.05, 4.69) is 0 Å². The standard InChI is InChI=1S/Mg.2H2O.H4Si/h;2*1H2;1H4/q+2;;;/p-2. The monoisotopic (exact) mass is 90.0 g/mol. The number of rotatable bonds is 0. The summed E-state index contributed by atoms with van der Waals surface area (Å²) in [5.74, 6) is 0. The van der Waals surface area contributed by atoms with Crippen LogP contribution >= 0.6 is 0 Å². The van der Waals surface area contributed by atoms with Gasteiger partial charge in [-0.15, -0.1) is 0 Å². The Morgan fingerprint density at radius 3 is 0.750 bits per heavy atom. The minimum Gasteiger partial charge on any atom is -0.870 e. The average Bonchev–Trinajstić information content (AvgIpc) is 0. The van der Waals surface area contributed by atoms with Gasteiger partial charge >= 0.3 is 23.1 Å². The summed E-state index contributed by atoms with van der Waals surface area (Å²) in [4.78, 5) is 0. The van der Waals surface area contributed by atoms with Gasteiger partial charge in [-0.1, -0.05) is 0 Å². The van der Waals surface area contributed by atoms with Crippen LogP contribution in [0.15, 0.2) is 0 Å². The zero-order valence-electron chi connectivity index (χ0n) is 1.60. The maximum absolute atomic E-state index is 0. The molecule has 0 aromatic heterocycles. The molecule has 0 aliphatic rings. The van der Waals surface area contributed by atoms with E-state index in [-0.39, 0.29) is 45.0 Å². The zero-order valence-corrected chi connectivity index (χ0v) is 3.02. The molecule has 0 radical (unpaired) electrons. The van der Waals surface area contributed by atoms with Crippen LogP contribution in [0.1, 0.15) is 0 Å². The van der Waals surface area contributed by atoms with Gasteiger partial charge in [-0.05, 0) is 11.0 Å². The van der Waals surface area contributed by atoms with Crippen molar-refractivity contribution < 1.29 is 11.0 Å². The van der Waals surface area contributed by atoms with Gasteiger partial charge in [0.05, 0.1) is 0 Å². The first kappa shape index (κ1) is 91.6. The third-order valence-electron chi connectivity index (χ3n) is 0. The summed E-state index contributed by atoms with van der Waals surface area (Å²) in [6, 6.07) is 0. The van der Waals surface area contributed by atoms with Crippen molar-refractivity contribution in [3.05, 3.63) is 0 Å². The molecule has 0 aliphatic heterocycles. The summed E-state index contributed by atoms with van der Waals surface area (Å²) in [6.07, 6.45) is 0. The zero-order chi connectivity index (χ0) is 0. The fourth-order valence-corrected chi connectivity index (χ4v) is 0. The minimum absolute atomic E-state index is 0. The average molecular weight is 90.4 g/mol. The molecule has 4 heteroatoms. The van der Waals surface area contributed by atoms with Crippen LogP contribution in [-0.2, 0) is 0 Å². The van der Waals surface area contributed by atoms with Crippen LogP contribution in [0.5, 0.6) is 0 Å². The number of hydrogen-bond acceptors (Lipinski definition) is 2. The SMILES string of the molecule is [Mg+2].[OH-].[OH-].[SiH4]. The molecule has 0 unspecified atom stereocenters. The largest absolute Gasteiger partial charge is 2.00 e. The first-order chi connectivity index (χ1) is 0. The molecule has 2 N–H and O–H groups in total. The van der Waals surface area contributed by atoms with Crippen LogP contribution in [0.4, 0.5) is 0 Å². The molecule has 0 atom stereocenters. The molecule has 0 saturated heterocycles. The molecule has 0 saturated carbocycles. The Hall–Kier alpha value is 0.903. The fraction of sp³-hybridized carbons (Fsp3) is 0. The van der Waals surface area contributed by atoms with Gasteiger partial charge in [0.15, 0.2) is 0 Å². The summed E-state index contributed by atoms with van der Waals surface area (Å²) in [5, 5.41) is 0. The van der Waals surface area contributed by atoms with Crippen LogP contribution < -0.4 is 0 Å². The van der Waals surface area contributed by atoms with Crippen molar-refractivity contribution in [2.45, 2.75) is 0 Å². The molecule has 4 heavy (non-hydrogen) atoms. The van der Waals surface area contributed by atoms with Crippen molar-refractivity contribution in [1.29, 1.82) is 0 Å². The van der Waals surface area contributed by atoms with E-state index >= 15 is 0 Å². The van der Waals surface area contributed by atoms with Crippen molar-refractivity contribution in [2.75, 3.05) is 0 Å². The van der Waals surface area contributed by atoms with E-state index in [0.717, 1.165) is 0 Å². The molecule has 0 spiro atoms. The van der Waals surface area contributed by atoms with Gasteiger partial charge in [-0.3, -0.25) is 0 Å². The Morgan fingerprint density at radius 1 is 0.750 bits per heavy atom. The molecule has 0 aliphatic carbocycles. The Bertz CT molecular complexity index is 6.00. The van der Waals surface area contributed by atoms with E-state index in [1.807, 2.05) is 0 Å². The molecule has 0 aromatic rings. The maximum Gasteiger partial charge on any atom is 2.00 e. The summed E-state index contributed by atoms with van der Waals surface area (Å²) in [5.41, 5.74) is 0. The topological polar surface area (TPSA) is 60.0 Å². The second-order valence-electron chi connectivity index (χ2n) is 0. The second kappa shape index (κ2) is 40.3. The van der Waals surface area contributed by atoms with E-state index in [0.29, 0.717) is 0 Å². The van der Waals surface area contributed by atoms with E-state index in [1.165, 1.54) is 0 Å². The Labute approximate surface area is 45.4 Å².